The van der Waals surface area contributed by atoms with E-state index < -0.39 is 0 Å². The van der Waals surface area contributed by atoms with Crippen molar-refractivity contribution in [3.8, 4) is 5.75 Å². The number of ether oxygens (including phenoxy) is 1. The molecule has 108 valence electrons. The topological polar surface area (TPSA) is 53.5 Å². The average Bonchev–Trinajstić information content (AvgIpc) is 2.37. The molecule has 0 aromatic heterocycles. The summed E-state index contributed by atoms with van der Waals surface area (Å²) in [5, 5.41) is 15.2. The summed E-state index contributed by atoms with van der Waals surface area (Å²) in [6.07, 6.45) is 1.27. The minimum absolute atomic E-state index is 0.204. The van der Waals surface area contributed by atoms with Gasteiger partial charge in [-0.3, -0.25) is 0 Å². The van der Waals surface area contributed by atoms with E-state index in [1.54, 1.807) is 0 Å². The Labute approximate surface area is 116 Å². The molecule has 3 N–H and O–H groups in total. The summed E-state index contributed by atoms with van der Waals surface area (Å²) < 4.78 is 5.67. The molecule has 4 heteroatoms. The summed E-state index contributed by atoms with van der Waals surface area (Å²) in [6.45, 7) is 7.70. The van der Waals surface area contributed by atoms with Gasteiger partial charge in [-0.15, -0.1) is 0 Å². The van der Waals surface area contributed by atoms with E-state index in [4.69, 9.17) is 9.84 Å². The van der Waals surface area contributed by atoms with Gasteiger partial charge in [0.1, 0.15) is 5.75 Å². The van der Waals surface area contributed by atoms with Gasteiger partial charge in [0.2, 0.25) is 0 Å². The number of hydrogen-bond donors (Lipinski definition) is 3. The summed E-state index contributed by atoms with van der Waals surface area (Å²) in [5.41, 5.74) is 1.24. The van der Waals surface area contributed by atoms with E-state index in [1.165, 1.54) is 5.56 Å². The lowest BCUT2D eigenvalue weighted by molar-refractivity contribution is 0.242. The van der Waals surface area contributed by atoms with E-state index in [9.17, 15) is 0 Å². The highest BCUT2D eigenvalue weighted by Gasteiger charge is 1.99. The summed E-state index contributed by atoms with van der Waals surface area (Å²) in [7, 11) is 0. The highest BCUT2D eigenvalue weighted by molar-refractivity contribution is 5.28. The van der Waals surface area contributed by atoms with E-state index in [-0.39, 0.29) is 12.7 Å². The molecule has 0 radical (unpaired) electrons. The highest BCUT2D eigenvalue weighted by Crippen LogP contribution is 2.14. The Morgan fingerprint density at radius 3 is 2.68 bits per heavy atom. The molecule has 1 aromatic carbocycles. The molecule has 0 aliphatic heterocycles. The third-order valence-electron chi connectivity index (χ3n) is 2.60. The largest absolute Gasteiger partial charge is 0.491 e. The van der Waals surface area contributed by atoms with Crippen LogP contribution in [0.2, 0.25) is 0 Å². The number of rotatable bonds is 10. The van der Waals surface area contributed by atoms with Crippen LogP contribution in [0.25, 0.3) is 0 Å². The Hall–Kier alpha value is -1.10. The molecular formula is C15H26N2O2. The molecule has 0 aliphatic carbocycles. The van der Waals surface area contributed by atoms with E-state index in [0.29, 0.717) is 6.54 Å². The minimum Gasteiger partial charge on any atom is -0.491 e. The summed E-state index contributed by atoms with van der Waals surface area (Å²) in [4.78, 5) is 0. The van der Waals surface area contributed by atoms with Crippen LogP contribution in [0.5, 0.6) is 5.75 Å². The Kier molecular flexibility index (Phi) is 8.21. The summed E-state index contributed by atoms with van der Waals surface area (Å²) >= 11 is 0. The van der Waals surface area contributed by atoms with Gasteiger partial charge >= 0.3 is 0 Å². The Bertz CT molecular complexity index is 343. The van der Waals surface area contributed by atoms with Crippen molar-refractivity contribution in [2.75, 3.05) is 26.2 Å². The minimum atomic E-state index is 0.204. The van der Waals surface area contributed by atoms with Gasteiger partial charge < -0.3 is 20.5 Å². The van der Waals surface area contributed by atoms with Crippen molar-refractivity contribution < 1.29 is 9.84 Å². The maximum absolute atomic E-state index is 8.62. The van der Waals surface area contributed by atoms with Gasteiger partial charge in [0, 0.05) is 13.1 Å². The molecule has 1 rings (SSSR count). The second-order valence-electron chi connectivity index (χ2n) is 4.82. The van der Waals surface area contributed by atoms with Crippen LogP contribution in [0.4, 0.5) is 0 Å². The normalized spacial score (nSPS) is 10.9. The molecule has 0 aliphatic rings. The molecule has 0 amide bonds. The standard InChI is InChI=1S/C15H26N2O2/c1-13(2)19-15-6-3-5-14(11-15)12-17-8-4-7-16-9-10-18/h3,5-6,11,13,16-18H,4,7-10,12H2,1-2H3. The van der Waals surface area contributed by atoms with Crippen molar-refractivity contribution in [1.82, 2.24) is 10.6 Å². The van der Waals surface area contributed by atoms with Crippen molar-refractivity contribution in [2.45, 2.75) is 32.9 Å². The zero-order valence-electron chi connectivity index (χ0n) is 12.0. The number of nitrogens with one attached hydrogen (secondary N) is 2. The summed E-state index contributed by atoms with van der Waals surface area (Å²) in [6, 6.07) is 8.20. The first-order valence-corrected chi connectivity index (χ1v) is 7.00. The SMILES string of the molecule is CC(C)Oc1cccc(CNCCCNCCO)c1. The lowest BCUT2D eigenvalue weighted by atomic mass is 10.2. The summed E-state index contributed by atoms with van der Waals surface area (Å²) in [5.74, 6) is 0.930. The average molecular weight is 266 g/mol. The van der Waals surface area contributed by atoms with Gasteiger partial charge in [0.15, 0.2) is 0 Å². The van der Waals surface area contributed by atoms with Crippen LogP contribution in [-0.2, 0) is 6.54 Å². The number of benzene rings is 1. The van der Waals surface area contributed by atoms with Crippen molar-refractivity contribution in [1.29, 1.82) is 0 Å². The first kappa shape index (κ1) is 16.0. The molecule has 0 heterocycles. The molecule has 0 saturated heterocycles. The Morgan fingerprint density at radius 1 is 1.16 bits per heavy atom. The smallest absolute Gasteiger partial charge is 0.120 e. The number of hydrogen-bond acceptors (Lipinski definition) is 4. The van der Waals surface area contributed by atoms with Crippen LogP contribution >= 0.6 is 0 Å². The molecule has 0 unspecified atom stereocenters. The molecule has 1 aromatic rings. The van der Waals surface area contributed by atoms with Crippen LogP contribution < -0.4 is 15.4 Å². The predicted molar refractivity (Wildman–Crippen MR) is 78.5 cm³/mol. The zero-order chi connectivity index (χ0) is 13.9. The predicted octanol–water partition coefficient (Wildman–Crippen LogP) is 1.54. The lowest BCUT2D eigenvalue weighted by Gasteiger charge is -2.11. The van der Waals surface area contributed by atoms with Crippen molar-refractivity contribution >= 4 is 0 Å². The van der Waals surface area contributed by atoms with Gasteiger partial charge in [-0.2, -0.15) is 0 Å². The maximum Gasteiger partial charge on any atom is 0.120 e. The van der Waals surface area contributed by atoms with E-state index in [1.807, 2.05) is 26.0 Å². The van der Waals surface area contributed by atoms with Gasteiger partial charge in [-0.05, 0) is 51.1 Å². The van der Waals surface area contributed by atoms with Gasteiger partial charge in [-0.1, -0.05) is 12.1 Å². The van der Waals surface area contributed by atoms with Crippen LogP contribution in [-0.4, -0.2) is 37.5 Å². The fourth-order valence-corrected chi connectivity index (χ4v) is 1.78. The van der Waals surface area contributed by atoms with Crippen molar-refractivity contribution in [3.63, 3.8) is 0 Å². The van der Waals surface area contributed by atoms with Gasteiger partial charge in [-0.25, -0.2) is 0 Å². The zero-order valence-corrected chi connectivity index (χ0v) is 12.0. The van der Waals surface area contributed by atoms with Gasteiger partial charge in [0.05, 0.1) is 12.7 Å². The fraction of sp³-hybridized carbons (Fsp3) is 0.600. The second kappa shape index (κ2) is 9.78. The first-order valence-electron chi connectivity index (χ1n) is 7.00. The van der Waals surface area contributed by atoms with Crippen LogP contribution in [0.1, 0.15) is 25.8 Å². The highest BCUT2D eigenvalue weighted by atomic mass is 16.5. The van der Waals surface area contributed by atoms with Crippen LogP contribution in [0.15, 0.2) is 24.3 Å². The van der Waals surface area contributed by atoms with E-state index >= 15 is 0 Å². The monoisotopic (exact) mass is 266 g/mol. The molecule has 0 bridgehead atoms. The molecule has 0 saturated carbocycles. The number of aliphatic hydroxyl groups excluding tert-OH is 1. The van der Waals surface area contributed by atoms with Crippen LogP contribution in [0.3, 0.4) is 0 Å². The molecule has 0 fully saturated rings. The molecule has 19 heavy (non-hydrogen) atoms. The quantitative estimate of drug-likeness (QED) is 0.562. The molecule has 0 spiro atoms. The maximum atomic E-state index is 8.62. The van der Waals surface area contributed by atoms with Crippen LogP contribution in [0, 0.1) is 0 Å². The fourth-order valence-electron chi connectivity index (χ4n) is 1.78. The van der Waals surface area contributed by atoms with E-state index in [2.05, 4.69) is 22.8 Å². The first-order chi connectivity index (χ1) is 9.22. The number of aliphatic hydroxyl groups is 1. The van der Waals surface area contributed by atoms with Crippen molar-refractivity contribution in [3.05, 3.63) is 29.8 Å². The third-order valence-corrected chi connectivity index (χ3v) is 2.60. The van der Waals surface area contributed by atoms with E-state index in [0.717, 1.165) is 31.8 Å². The lowest BCUT2D eigenvalue weighted by Crippen LogP contribution is -2.23. The Balaban J connectivity index is 2.18. The molecular weight excluding hydrogens is 240 g/mol. The molecule has 4 nitrogen and oxygen atoms in total. The Morgan fingerprint density at radius 2 is 1.95 bits per heavy atom. The third kappa shape index (κ3) is 7.82. The second-order valence-corrected chi connectivity index (χ2v) is 4.82. The van der Waals surface area contributed by atoms with Crippen molar-refractivity contribution in [2.24, 2.45) is 0 Å². The van der Waals surface area contributed by atoms with Gasteiger partial charge in [0.25, 0.3) is 0 Å². The molecule has 0 atom stereocenters.